The molecule has 0 atom stereocenters. The van der Waals surface area contributed by atoms with Crippen LogP contribution in [-0.4, -0.2) is 17.1 Å². The number of thioether (sulfide) groups is 1. The Labute approximate surface area is 63.5 Å². The van der Waals surface area contributed by atoms with E-state index in [1.807, 2.05) is 6.20 Å². The summed E-state index contributed by atoms with van der Waals surface area (Å²) in [5.74, 6) is 0.966. The van der Waals surface area contributed by atoms with Crippen molar-refractivity contribution in [1.82, 2.24) is 10.3 Å². The van der Waals surface area contributed by atoms with Gasteiger partial charge < -0.3 is 4.90 Å². The van der Waals surface area contributed by atoms with Gasteiger partial charge in [0, 0.05) is 6.20 Å². The first-order valence-corrected chi connectivity index (χ1v) is 4.05. The van der Waals surface area contributed by atoms with E-state index in [0.717, 1.165) is 5.88 Å². The topological polar surface area (TPSA) is 27.6 Å². The molecule has 0 bridgehead atoms. The minimum Gasteiger partial charge on any atom is -0.319 e. The third-order valence-corrected chi connectivity index (χ3v) is 2.12. The van der Waals surface area contributed by atoms with E-state index >= 15 is 0 Å². The Morgan fingerprint density at radius 2 is 2.70 bits per heavy atom. The zero-order valence-corrected chi connectivity index (χ0v) is 6.14. The van der Waals surface area contributed by atoms with E-state index in [9.17, 15) is 0 Å². The van der Waals surface area contributed by atoms with Crippen LogP contribution in [-0.2, 0) is 0 Å². The highest BCUT2D eigenvalue weighted by Crippen LogP contribution is 2.19. The molecule has 3 nitrogen and oxygen atoms in total. The van der Waals surface area contributed by atoms with Gasteiger partial charge in [-0.05, 0) is 11.5 Å². The van der Waals surface area contributed by atoms with Gasteiger partial charge in [0.25, 0.3) is 0 Å². The van der Waals surface area contributed by atoms with Crippen LogP contribution in [0.2, 0.25) is 0 Å². The smallest absolute Gasteiger partial charge is 0.116 e. The molecule has 0 aromatic heterocycles. The summed E-state index contributed by atoms with van der Waals surface area (Å²) in [5.41, 5.74) is 3.96. The number of rotatable bonds is 0. The quantitative estimate of drug-likeness (QED) is 0.560. The third-order valence-electron chi connectivity index (χ3n) is 1.36. The van der Waals surface area contributed by atoms with Crippen LogP contribution in [0.5, 0.6) is 0 Å². The molecule has 0 aromatic rings. The molecule has 0 saturated heterocycles. The largest absolute Gasteiger partial charge is 0.319 e. The molecule has 2 heterocycles. The second-order valence-corrected chi connectivity index (χ2v) is 2.87. The molecular weight excluding hydrogens is 146 g/mol. The van der Waals surface area contributed by atoms with Crippen molar-refractivity contribution in [2.45, 2.75) is 0 Å². The van der Waals surface area contributed by atoms with Crippen LogP contribution in [0.3, 0.4) is 0 Å². The summed E-state index contributed by atoms with van der Waals surface area (Å²) in [5, 5.41) is 5.98. The molecule has 1 N–H and O–H groups in total. The summed E-state index contributed by atoms with van der Waals surface area (Å²) >= 11 is 1.77. The molecule has 4 heteroatoms. The average Bonchev–Trinajstić information content (AvgIpc) is 2.05. The standard InChI is InChI=1S/C6H7N3S/c1-2-10-5-9-4-8-7-3-6(1)9/h1-4,7H,5H2. The van der Waals surface area contributed by atoms with E-state index in [1.54, 1.807) is 18.1 Å². The lowest BCUT2D eigenvalue weighted by Gasteiger charge is -2.24. The lowest BCUT2D eigenvalue weighted by molar-refractivity contribution is 0.606. The molecule has 10 heavy (non-hydrogen) atoms. The fourth-order valence-corrected chi connectivity index (χ4v) is 1.55. The molecule has 0 amide bonds. The van der Waals surface area contributed by atoms with E-state index in [1.165, 1.54) is 5.70 Å². The zero-order chi connectivity index (χ0) is 6.81. The van der Waals surface area contributed by atoms with Gasteiger partial charge in [0.15, 0.2) is 0 Å². The molecule has 0 radical (unpaired) electrons. The fraction of sp³-hybridized carbons (Fsp3) is 0.167. The van der Waals surface area contributed by atoms with Crippen molar-refractivity contribution in [3.05, 3.63) is 23.4 Å². The first kappa shape index (κ1) is 5.85. The van der Waals surface area contributed by atoms with Crippen LogP contribution >= 0.6 is 11.8 Å². The van der Waals surface area contributed by atoms with Gasteiger partial charge in [-0.2, -0.15) is 5.10 Å². The van der Waals surface area contributed by atoms with E-state index in [2.05, 4.69) is 26.9 Å². The first-order chi connectivity index (χ1) is 4.97. The predicted molar refractivity (Wildman–Crippen MR) is 43.1 cm³/mol. The highest BCUT2D eigenvalue weighted by Gasteiger charge is 2.09. The van der Waals surface area contributed by atoms with Gasteiger partial charge in [0.2, 0.25) is 0 Å². The Bertz CT molecular complexity index is 219. The lowest BCUT2D eigenvalue weighted by Crippen LogP contribution is -2.26. The number of fused-ring (bicyclic) bond motifs is 1. The second kappa shape index (κ2) is 2.38. The molecule has 2 aliphatic rings. The molecule has 0 saturated carbocycles. The van der Waals surface area contributed by atoms with Crippen LogP contribution < -0.4 is 5.43 Å². The molecular formula is C6H7N3S. The number of nitrogens with one attached hydrogen (secondary N) is 1. The molecule has 0 unspecified atom stereocenters. The van der Waals surface area contributed by atoms with Crippen molar-refractivity contribution in [2.75, 3.05) is 5.88 Å². The predicted octanol–water partition coefficient (Wildman–Crippen LogP) is 0.894. The van der Waals surface area contributed by atoms with E-state index < -0.39 is 0 Å². The summed E-state index contributed by atoms with van der Waals surface area (Å²) in [6, 6.07) is 0. The van der Waals surface area contributed by atoms with Gasteiger partial charge in [-0.3, -0.25) is 5.43 Å². The molecule has 0 spiro atoms. The number of hydrazone groups is 1. The second-order valence-electron chi connectivity index (χ2n) is 2.01. The Kier molecular flexibility index (Phi) is 1.39. The van der Waals surface area contributed by atoms with Gasteiger partial charge >= 0.3 is 0 Å². The van der Waals surface area contributed by atoms with Crippen molar-refractivity contribution >= 4 is 18.1 Å². The van der Waals surface area contributed by atoms with E-state index in [0.29, 0.717) is 0 Å². The van der Waals surface area contributed by atoms with Crippen LogP contribution in [0.4, 0.5) is 0 Å². The number of hydrogen-bond donors (Lipinski definition) is 1. The maximum Gasteiger partial charge on any atom is 0.116 e. The number of nitrogens with zero attached hydrogens (tertiary/aromatic N) is 2. The highest BCUT2D eigenvalue weighted by atomic mass is 32.2. The van der Waals surface area contributed by atoms with Crippen LogP contribution in [0.1, 0.15) is 0 Å². The van der Waals surface area contributed by atoms with Crippen molar-refractivity contribution < 1.29 is 0 Å². The zero-order valence-electron chi connectivity index (χ0n) is 5.32. The average molecular weight is 153 g/mol. The first-order valence-electron chi connectivity index (χ1n) is 3.00. The highest BCUT2D eigenvalue weighted by molar-refractivity contribution is 8.02. The molecule has 0 fully saturated rings. The van der Waals surface area contributed by atoms with E-state index in [4.69, 9.17) is 0 Å². The summed E-state index contributed by atoms with van der Waals surface area (Å²) in [7, 11) is 0. The number of hydrogen-bond acceptors (Lipinski definition) is 4. The minimum atomic E-state index is 0.966. The Morgan fingerprint density at radius 3 is 3.60 bits per heavy atom. The summed E-state index contributed by atoms with van der Waals surface area (Å²) in [6.07, 6.45) is 5.74. The molecule has 2 aliphatic heterocycles. The molecule has 0 aromatic carbocycles. The fourth-order valence-electron chi connectivity index (χ4n) is 0.849. The van der Waals surface area contributed by atoms with Crippen LogP contribution in [0, 0.1) is 0 Å². The van der Waals surface area contributed by atoms with Gasteiger partial charge in [-0.15, -0.1) is 11.8 Å². The monoisotopic (exact) mass is 153 g/mol. The van der Waals surface area contributed by atoms with Crippen molar-refractivity contribution in [1.29, 1.82) is 0 Å². The lowest BCUT2D eigenvalue weighted by atomic mass is 10.4. The van der Waals surface area contributed by atoms with Crippen LogP contribution in [0.15, 0.2) is 28.5 Å². The number of allylic oxidation sites excluding steroid dienone is 1. The van der Waals surface area contributed by atoms with Gasteiger partial charge in [0.05, 0.1) is 11.6 Å². The Hall–Kier alpha value is -0.900. The van der Waals surface area contributed by atoms with Crippen molar-refractivity contribution in [3.8, 4) is 0 Å². The Morgan fingerprint density at radius 1 is 1.70 bits per heavy atom. The van der Waals surface area contributed by atoms with Crippen molar-refractivity contribution in [3.63, 3.8) is 0 Å². The van der Waals surface area contributed by atoms with Gasteiger partial charge in [-0.1, -0.05) is 0 Å². The summed E-state index contributed by atoms with van der Waals surface area (Å²) in [4.78, 5) is 2.08. The Balaban J connectivity index is 2.26. The third kappa shape index (κ3) is 0.903. The summed E-state index contributed by atoms with van der Waals surface area (Å²) < 4.78 is 0. The SMILES string of the molecule is C1=CC2=CNN=CN2CS1. The van der Waals surface area contributed by atoms with Crippen molar-refractivity contribution in [2.24, 2.45) is 5.10 Å². The molecule has 2 rings (SSSR count). The molecule has 52 valence electrons. The summed E-state index contributed by atoms with van der Waals surface area (Å²) in [6.45, 7) is 0. The van der Waals surface area contributed by atoms with Gasteiger partial charge in [0.1, 0.15) is 6.34 Å². The van der Waals surface area contributed by atoms with Gasteiger partial charge in [-0.25, -0.2) is 0 Å². The maximum absolute atomic E-state index is 3.89. The van der Waals surface area contributed by atoms with E-state index in [-0.39, 0.29) is 0 Å². The minimum absolute atomic E-state index is 0.966. The maximum atomic E-state index is 3.89. The normalized spacial score (nSPS) is 21.6. The van der Waals surface area contributed by atoms with Crippen LogP contribution in [0.25, 0.3) is 0 Å². The molecule has 0 aliphatic carbocycles.